The highest BCUT2D eigenvalue weighted by Crippen LogP contribution is 2.20. The van der Waals surface area contributed by atoms with Gasteiger partial charge in [0.2, 0.25) is 5.91 Å². The summed E-state index contributed by atoms with van der Waals surface area (Å²) < 4.78 is 16.8. The quantitative estimate of drug-likeness (QED) is 0.600. The van der Waals surface area contributed by atoms with E-state index in [4.69, 9.17) is 25.5 Å². The van der Waals surface area contributed by atoms with Crippen LogP contribution in [-0.2, 0) is 27.4 Å². The number of nitrogens with one attached hydrogen (secondary N) is 1. The second-order valence-corrected chi connectivity index (χ2v) is 8.75. The summed E-state index contributed by atoms with van der Waals surface area (Å²) >= 11 is 6.32. The van der Waals surface area contributed by atoms with Crippen molar-refractivity contribution in [1.29, 1.82) is 0 Å². The Morgan fingerprint density at radius 2 is 1.94 bits per heavy atom. The lowest BCUT2D eigenvalue weighted by Gasteiger charge is -2.25. The first kappa shape index (κ1) is 23.8. The van der Waals surface area contributed by atoms with Crippen LogP contribution in [-0.4, -0.2) is 73.7 Å². The Labute approximate surface area is 198 Å². The molecule has 1 aromatic heterocycles. The van der Waals surface area contributed by atoms with Crippen molar-refractivity contribution >= 4 is 23.4 Å². The number of halogens is 1. The van der Waals surface area contributed by atoms with Gasteiger partial charge in [-0.3, -0.25) is 14.5 Å². The predicted molar refractivity (Wildman–Crippen MR) is 123 cm³/mol. The number of benzene rings is 1. The molecule has 2 amide bonds. The van der Waals surface area contributed by atoms with Crippen LogP contribution in [0.3, 0.4) is 0 Å². The molecule has 1 atom stereocenters. The topological polar surface area (TPSA) is 84.3 Å². The van der Waals surface area contributed by atoms with Gasteiger partial charge in [0.25, 0.3) is 5.91 Å². The molecular weight excluding hydrogens is 446 g/mol. The molecule has 0 spiro atoms. The molecule has 0 bridgehead atoms. The number of carbonyl (C=O) groups is 2. The van der Waals surface area contributed by atoms with E-state index in [1.165, 1.54) is 4.90 Å². The van der Waals surface area contributed by atoms with Gasteiger partial charge in [0.05, 0.1) is 25.9 Å². The maximum absolute atomic E-state index is 13.3. The van der Waals surface area contributed by atoms with Gasteiger partial charge < -0.3 is 24.1 Å². The molecule has 0 saturated carbocycles. The average Bonchev–Trinajstić information content (AvgIpc) is 3.51. The van der Waals surface area contributed by atoms with Crippen LogP contribution in [0, 0.1) is 0 Å². The third-order valence-corrected chi connectivity index (χ3v) is 6.22. The molecule has 2 aromatic rings. The molecule has 1 N–H and O–H groups in total. The van der Waals surface area contributed by atoms with Gasteiger partial charge in [-0.2, -0.15) is 0 Å². The van der Waals surface area contributed by atoms with Crippen molar-refractivity contribution in [2.24, 2.45) is 0 Å². The van der Waals surface area contributed by atoms with Crippen molar-refractivity contribution < 1.29 is 23.5 Å². The number of rotatable bonds is 9. The normalized spacial score (nSPS) is 18.9. The fraction of sp³-hybridized carbons (Fsp3) is 0.500. The molecule has 2 saturated heterocycles. The molecule has 2 fully saturated rings. The van der Waals surface area contributed by atoms with E-state index >= 15 is 0 Å². The first-order valence-electron chi connectivity index (χ1n) is 11.4. The Morgan fingerprint density at radius 3 is 2.70 bits per heavy atom. The molecule has 0 radical (unpaired) electrons. The molecule has 2 aliphatic heterocycles. The number of carbonyl (C=O) groups excluding carboxylic acids is 2. The van der Waals surface area contributed by atoms with Gasteiger partial charge in [0.15, 0.2) is 5.76 Å². The highest BCUT2D eigenvalue weighted by atomic mass is 35.5. The summed E-state index contributed by atoms with van der Waals surface area (Å²) in [6.45, 7) is 4.92. The average molecular weight is 476 g/mol. The van der Waals surface area contributed by atoms with E-state index in [0.29, 0.717) is 37.1 Å². The summed E-state index contributed by atoms with van der Waals surface area (Å²) in [5.41, 5.74) is 0.763. The van der Waals surface area contributed by atoms with Crippen LogP contribution >= 0.6 is 11.6 Å². The molecule has 8 nitrogen and oxygen atoms in total. The maximum atomic E-state index is 13.3. The number of amides is 2. The first-order valence-corrected chi connectivity index (χ1v) is 11.8. The number of morpholine rings is 1. The Hall–Kier alpha value is -2.39. The minimum absolute atomic E-state index is 0.0366. The van der Waals surface area contributed by atoms with Gasteiger partial charge in [-0.05, 0) is 36.6 Å². The van der Waals surface area contributed by atoms with Crippen LogP contribution in [0.1, 0.15) is 34.7 Å². The molecule has 2 aliphatic rings. The third kappa shape index (κ3) is 6.80. The van der Waals surface area contributed by atoms with Crippen molar-refractivity contribution in [3.05, 3.63) is 58.5 Å². The number of furan rings is 1. The van der Waals surface area contributed by atoms with E-state index in [1.807, 2.05) is 24.3 Å². The van der Waals surface area contributed by atoms with Crippen LogP contribution in [0.15, 0.2) is 40.8 Å². The maximum Gasteiger partial charge on any atom is 0.290 e. The molecule has 33 heavy (non-hydrogen) atoms. The van der Waals surface area contributed by atoms with Crippen molar-refractivity contribution in [1.82, 2.24) is 15.1 Å². The van der Waals surface area contributed by atoms with Gasteiger partial charge in [-0.1, -0.05) is 29.8 Å². The largest absolute Gasteiger partial charge is 0.455 e. The summed E-state index contributed by atoms with van der Waals surface area (Å²) in [5, 5.41) is 3.43. The van der Waals surface area contributed by atoms with Crippen LogP contribution in [0.2, 0.25) is 5.02 Å². The lowest BCUT2D eigenvalue weighted by molar-refractivity contribution is -0.122. The molecule has 4 rings (SSSR count). The van der Waals surface area contributed by atoms with Crippen molar-refractivity contribution in [3.8, 4) is 0 Å². The van der Waals surface area contributed by atoms with E-state index in [-0.39, 0.29) is 36.8 Å². The summed E-state index contributed by atoms with van der Waals surface area (Å²) in [5.74, 6) is 0.319. The summed E-state index contributed by atoms with van der Waals surface area (Å²) in [6.07, 6.45) is 1.97. The summed E-state index contributed by atoms with van der Waals surface area (Å²) in [6, 6.07) is 10.8. The fourth-order valence-electron chi connectivity index (χ4n) is 4.01. The number of hydrogen-bond acceptors (Lipinski definition) is 6. The van der Waals surface area contributed by atoms with E-state index in [0.717, 1.165) is 38.1 Å². The van der Waals surface area contributed by atoms with Crippen molar-refractivity contribution in [3.63, 3.8) is 0 Å². The van der Waals surface area contributed by atoms with Gasteiger partial charge in [0.1, 0.15) is 12.3 Å². The van der Waals surface area contributed by atoms with E-state index in [2.05, 4.69) is 10.2 Å². The highest BCUT2D eigenvalue weighted by molar-refractivity contribution is 6.31. The first-order chi connectivity index (χ1) is 16.1. The Kier molecular flexibility index (Phi) is 8.39. The van der Waals surface area contributed by atoms with Gasteiger partial charge in [-0.15, -0.1) is 0 Å². The Morgan fingerprint density at radius 1 is 1.12 bits per heavy atom. The molecule has 0 unspecified atom stereocenters. The highest BCUT2D eigenvalue weighted by Gasteiger charge is 2.24. The predicted octanol–water partition coefficient (Wildman–Crippen LogP) is 2.70. The van der Waals surface area contributed by atoms with Gasteiger partial charge in [0, 0.05) is 37.8 Å². The zero-order valence-corrected chi connectivity index (χ0v) is 19.4. The Bertz CT molecular complexity index is 938. The third-order valence-electron chi connectivity index (χ3n) is 5.85. The summed E-state index contributed by atoms with van der Waals surface area (Å²) in [7, 11) is 0. The van der Waals surface area contributed by atoms with E-state index < -0.39 is 0 Å². The lowest BCUT2D eigenvalue weighted by atomic mass is 10.2. The minimum atomic E-state index is -0.351. The lowest BCUT2D eigenvalue weighted by Crippen LogP contribution is -2.42. The zero-order chi connectivity index (χ0) is 23.0. The zero-order valence-electron chi connectivity index (χ0n) is 18.6. The standard InChI is InChI=1S/C24H30ClN3O5/c25-21-6-2-1-4-18(21)15-28(17-23(29)26-14-19-5-3-11-32-19)24(30)22-8-7-20(33-22)16-27-9-12-31-13-10-27/h1-2,4,6-8,19H,3,5,9-17H2,(H,26,29)/t19-/m0/s1. The van der Waals surface area contributed by atoms with E-state index in [1.54, 1.807) is 12.1 Å². The van der Waals surface area contributed by atoms with Gasteiger partial charge in [-0.25, -0.2) is 0 Å². The van der Waals surface area contributed by atoms with Crippen molar-refractivity contribution in [2.45, 2.75) is 32.0 Å². The molecule has 3 heterocycles. The minimum Gasteiger partial charge on any atom is -0.455 e. The monoisotopic (exact) mass is 475 g/mol. The molecule has 0 aliphatic carbocycles. The van der Waals surface area contributed by atoms with Gasteiger partial charge >= 0.3 is 0 Å². The van der Waals surface area contributed by atoms with Crippen LogP contribution < -0.4 is 5.32 Å². The van der Waals surface area contributed by atoms with Crippen LogP contribution in [0.4, 0.5) is 0 Å². The molecule has 9 heteroatoms. The van der Waals surface area contributed by atoms with Crippen LogP contribution in [0.5, 0.6) is 0 Å². The smallest absolute Gasteiger partial charge is 0.290 e. The molecule has 178 valence electrons. The van der Waals surface area contributed by atoms with Crippen LogP contribution in [0.25, 0.3) is 0 Å². The fourth-order valence-corrected chi connectivity index (χ4v) is 4.20. The molecule has 1 aromatic carbocycles. The Balaban J connectivity index is 1.42. The van der Waals surface area contributed by atoms with Crippen molar-refractivity contribution in [2.75, 3.05) is 46.0 Å². The molecular formula is C24H30ClN3O5. The second kappa shape index (κ2) is 11.7. The second-order valence-electron chi connectivity index (χ2n) is 8.35. The number of hydrogen-bond donors (Lipinski definition) is 1. The van der Waals surface area contributed by atoms with E-state index in [9.17, 15) is 9.59 Å². The summed E-state index contributed by atoms with van der Waals surface area (Å²) in [4.78, 5) is 29.6. The number of nitrogens with zero attached hydrogens (tertiary/aromatic N) is 2. The SMILES string of the molecule is O=C(CN(Cc1ccccc1Cl)C(=O)c1ccc(CN2CCOCC2)o1)NC[C@@H]1CCCO1. The number of ether oxygens (including phenoxy) is 2.